The summed E-state index contributed by atoms with van der Waals surface area (Å²) < 4.78 is 13.0. The van der Waals surface area contributed by atoms with E-state index < -0.39 is 0 Å². The Morgan fingerprint density at radius 1 is 1.42 bits per heavy atom. The van der Waals surface area contributed by atoms with Crippen molar-refractivity contribution in [3.8, 4) is 5.75 Å². The number of aromatic hydroxyl groups is 1. The maximum atomic E-state index is 13.0. The highest BCUT2D eigenvalue weighted by atomic mass is 19.1. The van der Waals surface area contributed by atoms with Crippen LogP contribution in [0.2, 0.25) is 0 Å². The minimum Gasteiger partial charge on any atom is -0.508 e. The maximum Gasteiger partial charge on any atom is 0.131 e. The molecule has 0 saturated heterocycles. The second-order valence-corrected chi connectivity index (χ2v) is 2.98. The fourth-order valence-electron chi connectivity index (χ4n) is 1.02. The van der Waals surface area contributed by atoms with Crippen molar-refractivity contribution >= 4 is 0 Å². The number of hydrogen-bond acceptors (Lipinski definition) is 2. The summed E-state index contributed by atoms with van der Waals surface area (Å²) in [7, 11) is 3.65. The zero-order chi connectivity index (χ0) is 9.14. The molecular weight excluding hydrogens is 157 g/mol. The molecule has 2 nitrogen and oxygen atoms in total. The number of phenolic OH excluding ortho intramolecular Hbond substituents is 1. The van der Waals surface area contributed by atoms with Crippen LogP contribution in [0.5, 0.6) is 5.75 Å². The summed E-state index contributed by atoms with van der Waals surface area (Å²) in [5.41, 5.74) is 0.350. The molecule has 0 aromatic heterocycles. The van der Waals surface area contributed by atoms with Gasteiger partial charge in [-0.2, -0.15) is 0 Å². The number of nitrogens with zero attached hydrogens (tertiary/aromatic N) is 1. The molecule has 0 aliphatic carbocycles. The minimum atomic E-state index is -0.358. The third-order valence-corrected chi connectivity index (χ3v) is 1.57. The molecule has 0 aliphatic heterocycles. The molecule has 0 bridgehead atoms. The molecule has 0 unspecified atom stereocenters. The van der Waals surface area contributed by atoms with Crippen molar-refractivity contribution in [3.63, 3.8) is 0 Å². The zero-order valence-corrected chi connectivity index (χ0v) is 7.21. The Morgan fingerprint density at radius 2 is 2.08 bits per heavy atom. The Bertz CT molecular complexity index is 253. The van der Waals surface area contributed by atoms with Gasteiger partial charge in [-0.15, -0.1) is 0 Å². The normalized spacial score (nSPS) is 10.7. The van der Waals surface area contributed by atoms with Gasteiger partial charge in [0.2, 0.25) is 0 Å². The first kappa shape index (κ1) is 9.00. The van der Waals surface area contributed by atoms with Gasteiger partial charge >= 0.3 is 0 Å². The Morgan fingerprint density at radius 3 is 2.58 bits per heavy atom. The highest BCUT2D eigenvalue weighted by Gasteiger charge is 2.07. The molecule has 0 fully saturated rings. The van der Waals surface area contributed by atoms with Gasteiger partial charge in [0.25, 0.3) is 0 Å². The number of benzene rings is 1. The van der Waals surface area contributed by atoms with E-state index in [1.165, 1.54) is 18.2 Å². The number of halogens is 1. The molecule has 0 amide bonds. The van der Waals surface area contributed by atoms with Crippen LogP contribution < -0.4 is 0 Å². The third kappa shape index (κ3) is 1.95. The van der Waals surface area contributed by atoms with Gasteiger partial charge in [-0.1, -0.05) is 6.07 Å². The van der Waals surface area contributed by atoms with Crippen molar-refractivity contribution in [2.75, 3.05) is 14.1 Å². The van der Waals surface area contributed by atoms with Gasteiger partial charge in [0, 0.05) is 12.1 Å². The van der Waals surface area contributed by atoms with Gasteiger partial charge in [0.05, 0.1) is 0 Å². The molecular formula is C9H12FNO. The standard InChI is InChI=1S/C9H12FNO/c1-11(2)6-7-8(10)4-3-5-9(7)12/h3-5,12H,6H2,1-2H3. The highest BCUT2D eigenvalue weighted by Crippen LogP contribution is 2.20. The summed E-state index contributed by atoms with van der Waals surface area (Å²) in [6.07, 6.45) is 0. The summed E-state index contributed by atoms with van der Waals surface area (Å²) >= 11 is 0. The van der Waals surface area contributed by atoms with Crippen LogP contribution in [-0.2, 0) is 6.54 Å². The van der Waals surface area contributed by atoms with Crippen molar-refractivity contribution in [3.05, 3.63) is 29.6 Å². The van der Waals surface area contributed by atoms with Crippen LogP contribution in [0.4, 0.5) is 4.39 Å². The smallest absolute Gasteiger partial charge is 0.131 e. The molecule has 66 valence electrons. The second-order valence-electron chi connectivity index (χ2n) is 2.98. The molecule has 0 saturated carbocycles. The average Bonchev–Trinajstić information content (AvgIpc) is 1.97. The molecule has 1 aromatic rings. The van der Waals surface area contributed by atoms with Crippen molar-refractivity contribution in [2.24, 2.45) is 0 Å². The summed E-state index contributed by atoms with van der Waals surface area (Å²) in [5, 5.41) is 9.27. The lowest BCUT2D eigenvalue weighted by atomic mass is 10.2. The van der Waals surface area contributed by atoms with Crippen molar-refractivity contribution in [1.82, 2.24) is 4.90 Å². The van der Waals surface area contributed by atoms with E-state index in [2.05, 4.69) is 0 Å². The minimum absolute atomic E-state index is 0.0173. The van der Waals surface area contributed by atoms with E-state index in [1.807, 2.05) is 14.1 Å². The van der Waals surface area contributed by atoms with E-state index in [9.17, 15) is 9.50 Å². The fourth-order valence-corrected chi connectivity index (χ4v) is 1.02. The molecule has 1 N–H and O–H groups in total. The van der Waals surface area contributed by atoms with Gasteiger partial charge in [0.1, 0.15) is 11.6 Å². The van der Waals surface area contributed by atoms with Crippen LogP contribution in [-0.4, -0.2) is 24.1 Å². The predicted molar refractivity (Wildman–Crippen MR) is 45.5 cm³/mol. The fraction of sp³-hybridized carbons (Fsp3) is 0.333. The van der Waals surface area contributed by atoms with E-state index in [4.69, 9.17) is 0 Å². The SMILES string of the molecule is CN(C)Cc1c(O)cccc1F. The molecule has 1 aromatic carbocycles. The van der Waals surface area contributed by atoms with E-state index >= 15 is 0 Å². The van der Waals surface area contributed by atoms with Gasteiger partial charge < -0.3 is 10.0 Å². The number of phenols is 1. The van der Waals surface area contributed by atoms with Gasteiger partial charge in [-0.05, 0) is 26.2 Å². The lowest BCUT2D eigenvalue weighted by Gasteiger charge is -2.11. The Balaban J connectivity index is 2.96. The zero-order valence-electron chi connectivity index (χ0n) is 7.21. The van der Waals surface area contributed by atoms with Crippen molar-refractivity contribution in [1.29, 1.82) is 0 Å². The number of rotatable bonds is 2. The summed E-state index contributed by atoms with van der Waals surface area (Å²) in [6.45, 7) is 0.415. The van der Waals surface area contributed by atoms with Crippen LogP contribution in [0.3, 0.4) is 0 Å². The monoisotopic (exact) mass is 169 g/mol. The molecule has 12 heavy (non-hydrogen) atoms. The van der Waals surface area contributed by atoms with Crippen LogP contribution in [0.15, 0.2) is 18.2 Å². The first-order valence-corrected chi connectivity index (χ1v) is 3.72. The molecule has 3 heteroatoms. The van der Waals surface area contributed by atoms with Crippen molar-refractivity contribution in [2.45, 2.75) is 6.54 Å². The second kappa shape index (κ2) is 3.54. The van der Waals surface area contributed by atoms with Crippen LogP contribution in [0, 0.1) is 5.82 Å². The lowest BCUT2D eigenvalue weighted by Crippen LogP contribution is -2.11. The van der Waals surface area contributed by atoms with Gasteiger partial charge in [-0.25, -0.2) is 4.39 Å². The third-order valence-electron chi connectivity index (χ3n) is 1.57. The van der Waals surface area contributed by atoms with Gasteiger partial charge in [0.15, 0.2) is 0 Å². The van der Waals surface area contributed by atoms with Crippen LogP contribution in [0.25, 0.3) is 0 Å². The van der Waals surface area contributed by atoms with Crippen LogP contribution in [0.1, 0.15) is 5.56 Å². The predicted octanol–water partition coefficient (Wildman–Crippen LogP) is 1.59. The quantitative estimate of drug-likeness (QED) is 0.726. The first-order chi connectivity index (χ1) is 5.61. The van der Waals surface area contributed by atoms with E-state index in [1.54, 1.807) is 4.90 Å². The van der Waals surface area contributed by atoms with Crippen molar-refractivity contribution < 1.29 is 9.50 Å². The Hall–Kier alpha value is -1.09. The molecule has 0 heterocycles. The van der Waals surface area contributed by atoms with Gasteiger partial charge in [-0.3, -0.25) is 0 Å². The topological polar surface area (TPSA) is 23.5 Å². The Labute approximate surface area is 71.2 Å². The van der Waals surface area contributed by atoms with E-state index in [0.29, 0.717) is 12.1 Å². The molecule has 0 aliphatic rings. The van der Waals surface area contributed by atoms with E-state index in [-0.39, 0.29) is 11.6 Å². The summed E-state index contributed by atoms with van der Waals surface area (Å²) in [5.74, 6) is -0.340. The summed E-state index contributed by atoms with van der Waals surface area (Å²) in [4.78, 5) is 1.80. The Kier molecular flexibility index (Phi) is 2.65. The average molecular weight is 169 g/mol. The largest absolute Gasteiger partial charge is 0.508 e. The maximum absolute atomic E-state index is 13.0. The molecule has 0 atom stereocenters. The van der Waals surface area contributed by atoms with E-state index in [0.717, 1.165) is 0 Å². The highest BCUT2D eigenvalue weighted by molar-refractivity contribution is 5.32. The lowest BCUT2D eigenvalue weighted by molar-refractivity contribution is 0.374. The summed E-state index contributed by atoms with van der Waals surface area (Å²) in [6, 6.07) is 4.32. The molecule has 1 rings (SSSR count). The number of hydrogen-bond donors (Lipinski definition) is 1. The van der Waals surface area contributed by atoms with Crippen LogP contribution >= 0.6 is 0 Å². The molecule has 0 spiro atoms. The first-order valence-electron chi connectivity index (χ1n) is 3.72. The molecule has 0 radical (unpaired) electrons.